The summed E-state index contributed by atoms with van der Waals surface area (Å²) < 4.78 is 14.0. The third kappa shape index (κ3) is 6.49. The largest absolute Gasteiger partial charge is 0.367 e. The van der Waals surface area contributed by atoms with Gasteiger partial charge in [-0.05, 0) is 56.3 Å². The number of piperazine rings is 1. The molecule has 8 nitrogen and oxygen atoms in total. The lowest BCUT2D eigenvalue weighted by Crippen LogP contribution is -2.50. The minimum absolute atomic E-state index is 0.131. The first kappa shape index (κ1) is 27.9. The quantitative estimate of drug-likeness (QED) is 0.402. The topological polar surface area (TPSA) is 85.0 Å². The molecule has 39 heavy (non-hydrogen) atoms. The molecule has 1 heterocycles. The van der Waals surface area contributed by atoms with Crippen LogP contribution < -0.4 is 15.5 Å². The Hall–Kier alpha value is -4.11. The van der Waals surface area contributed by atoms with E-state index in [0.717, 1.165) is 5.69 Å². The average molecular weight is 552 g/mol. The van der Waals surface area contributed by atoms with E-state index in [1.165, 1.54) is 12.1 Å². The van der Waals surface area contributed by atoms with E-state index in [0.29, 0.717) is 61.1 Å². The summed E-state index contributed by atoms with van der Waals surface area (Å²) in [5.41, 5.74) is 2.12. The van der Waals surface area contributed by atoms with E-state index >= 15 is 0 Å². The lowest BCUT2D eigenvalue weighted by molar-refractivity contribution is 0.0773. The first-order chi connectivity index (χ1) is 18.8. The summed E-state index contributed by atoms with van der Waals surface area (Å²) in [6.45, 7) is 6.65. The van der Waals surface area contributed by atoms with E-state index in [1.54, 1.807) is 58.3 Å². The predicted octanol–water partition coefficient (Wildman–Crippen LogP) is 5.57. The monoisotopic (exact) mass is 551 g/mol. The van der Waals surface area contributed by atoms with Crippen LogP contribution in [-0.4, -0.2) is 66.9 Å². The van der Waals surface area contributed by atoms with Gasteiger partial charge in [0.15, 0.2) is 0 Å². The molecule has 4 rings (SSSR count). The molecule has 3 aromatic rings. The molecule has 0 bridgehead atoms. The third-order valence-electron chi connectivity index (χ3n) is 6.68. The van der Waals surface area contributed by atoms with Gasteiger partial charge in [0.2, 0.25) is 0 Å². The van der Waals surface area contributed by atoms with Crippen molar-refractivity contribution in [3.63, 3.8) is 0 Å². The normalized spacial score (nSPS) is 13.1. The second-order valence-corrected chi connectivity index (χ2v) is 9.43. The second kappa shape index (κ2) is 12.6. The van der Waals surface area contributed by atoms with Gasteiger partial charge in [-0.3, -0.25) is 9.59 Å². The molecule has 0 spiro atoms. The number of carbonyl (C=O) groups excluding carboxylic acids is 3. The van der Waals surface area contributed by atoms with Gasteiger partial charge < -0.3 is 25.3 Å². The molecule has 0 aromatic heterocycles. The number of hydrogen-bond donors (Lipinski definition) is 2. The Bertz CT molecular complexity index is 1360. The Balaban J connectivity index is 1.52. The maximum absolute atomic E-state index is 14.0. The number of amides is 4. The maximum Gasteiger partial charge on any atom is 0.322 e. The second-order valence-electron chi connectivity index (χ2n) is 9.03. The summed E-state index contributed by atoms with van der Waals surface area (Å²) in [5.74, 6) is -1.02. The molecule has 204 valence electrons. The standard InChI is InChI=1S/C29H31ClFN5O3/c1-3-34(4-2)28(38)22-19-20(32-27(37)21-9-5-6-10-23(21)30)13-14-26(22)35-15-17-36(18-16-35)29(39)33-25-12-8-7-11-24(25)31/h5-14,19H,3-4,15-18H2,1-2H3,(H,32,37)(H,33,39). The zero-order valence-corrected chi connectivity index (χ0v) is 22.7. The number of benzene rings is 3. The molecule has 4 amide bonds. The summed E-state index contributed by atoms with van der Waals surface area (Å²) in [7, 11) is 0. The van der Waals surface area contributed by atoms with Crippen LogP contribution in [0.2, 0.25) is 5.02 Å². The summed E-state index contributed by atoms with van der Waals surface area (Å²) in [6, 6.07) is 17.7. The highest BCUT2D eigenvalue weighted by atomic mass is 35.5. The van der Waals surface area contributed by atoms with Crippen molar-refractivity contribution in [2.24, 2.45) is 0 Å². The smallest absolute Gasteiger partial charge is 0.322 e. The Morgan fingerprint density at radius 2 is 1.54 bits per heavy atom. The summed E-state index contributed by atoms with van der Waals surface area (Å²) in [6.07, 6.45) is 0. The minimum Gasteiger partial charge on any atom is -0.367 e. The lowest BCUT2D eigenvalue weighted by atomic mass is 10.1. The Kier molecular flexibility index (Phi) is 9.03. The van der Waals surface area contributed by atoms with Crippen LogP contribution in [0.5, 0.6) is 0 Å². The molecule has 1 fully saturated rings. The Morgan fingerprint density at radius 3 is 2.21 bits per heavy atom. The highest BCUT2D eigenvalue weighted by Gasteiger charge is 2.26. The van der Waals surface area contributed by atoms with Crippen molar-refractivity contribution in [3.8, 4) is 0 Å². The number of nitrogens with zero attached hydrogens (tertiary/aromatic N) is 3. The zero-order chi connectivity index (χ0) is 27.9. The molecule has 1 aliphatic rings. The number of rotatable bonds is 7. The van der Waals surface area contributed by atoms with Gasteiger partial charge in [0, 0.05) is 50.6 Å². The molecule has 0 aliphatic carbocycles. The number of carbonyl (C=O) groups is 3. The van der Waals surface area contributed by atoms with Crippen LogP contribution in [0.3, 0.4) is 0 Å². The molecule has 1 saturated heterocycles. The molecule has 0 atom stereocenters. The lowest BCUT2D eigenvalue weighted by Gasteiger charge is -2.37. The van der Waals surface area contributed by atoms with Crippen molar-refractivity contribution < 1.29 is 18.8 Å². The van der Waals surface area contributed by atoms with E-state index in [1.807, 2.05) is 24.8 Å². The van der Waals surface area contributed by atoms with Crippen LogP contribution in [-0.2, 0) is 0 Å². The van der Waals surface area contributed by atoms with Crippen molar-refractivity contribution >= 4 is 46.5 Å². The summed E-state index contributed by atoms with van der Waals surface area (Å²) in [5, 5.41) is 5.80. The van der Waals surface area contributed by atoms with Gasteiger partial charge in [0.25, 0.3) is 11.8 Å². The van der Waals surface area contributed by atoms with E-state index < -0.39 is 5.82 Å². The van der Waals surface area contributed by atoms with Crippen LogP contribution in [0, 0.1) is 5.82 Å². The molecule has 0 radical (unpaired) electrons. The molecular weight excluding hydrogens is 521 g/mol. The van der Waals surface area contributed by atoms with E-state index in [9.17, 15) is 18.8 Å². The number of halogens is 2. The van der Waals surface area contributed by atoms with Crippen molar-refractivity contribution in [2.75, 3.05) is 54.8 Å². The van der Waals surface area contributed by atoms with Crippen LogP contribution in [0.15, 0.2) is 66.7 Å². The van der Waals surface area contributed by atoms with E-state index in [-0.39, 0.29) is 23.5 Å². The van der Waals surface area contributed by atoms with E-state index in [4.69, 9.17) is 11.6 Å². The Labute approximate surface area is 232 Å². The van der Waals surface area contributed by atoms with Gasteiger partial charge in [-0.15, -0.1) is 0 Å². The van der Waals surface area contributed by atoms with Crippen molar-refractivity contribution in [3.05, 3.63) is 88.7 Å². The molecule has 10 heteroatoms. The fourth-order valence-electron chi connectivity index (χ4n) is 4.49. The molecule has 1 aliphatic heterocycles. The van der Waals surface area contributed by atoms with Gasteiger partial charge in [0.1, 0.15) is 5.82 Å². The number of urea groups is 1. The van der Waals surface area contributed by atoms with Crippen LogP contribution in [0.4, 0.5) is 26.2 Å². The highest BCUT2D eigenvalue weighted by Crippen LogP contribution is 2.28. The fraction of sp³-hybridized carbons (Fsp3) is 0.276. The fourth-order valence-corrected chi connectivity index (χ4v) is 4.71. The SMILES string of the molecule is CCN(CC)C(=O)c1cc(NC(=O)c2ccccc2Cl)ccc1N1CCN(C(=O)Nc2ccccc2F)CC1. The molecule has 2 N–H and O–H groups in total. The first-order valence-electron chi connectivity index (χ1n) is 12.9. The van der Waals surface area contributed by atoms with Gasteiger partial charge in [-0.1, -0.05) is 35.9 Å². The van der Waals surface area contributed by atoms with Gasteiger partial charge in [0.05, 0.1) is 21.8 Å². The van der Waals surface area contributed by atoms with Crippen molar-refractivity contribution in [1.82, 2.24) is 9.80 Å². The zero-order valence-electron chi connectivity index (χ0n) is 21.9. The predicted molar refractivity (Wildman–Crippen MR) is 152 cm³/mol. The highest BCUT2D eigenvalue weighted by molar-refractivity contribution is 6.34. The Morgan fingerprint density at radius 1 is 0.872 bits per heavy atom. The third-order valence-corrected chi connectivity index (χ3v) is 7.01. The average Bonchev–Trinajstić information content (AvgIpc) is 2.95. The molecular formula is C29H31ClFN5O3. The summed E-state index contributed by atoms with van der Waals surface area (Å²) in [4.78, 5) is 44.4. The number of hydrogen-bond acceptors (Lipinski definition) is 4. The molecule has 3 aromatic carbocycles. The molecule has 0 unspecified atom stereocenters. The van der Waals surface area contributed by atoms with Crippen molar-refractivity contribution in [2.45, 2.75) is 13.8 Å². The number of para-hydroxylation sites is 1. The summed E-state index contributed by atoms with van der Waals surface area (Å²) >= 11 is 6.18. The van der Waals surface area contributed by atoms with Crippen LogP contribution in [0.25, 0.3) is 0 Å². The number of anilines is 3. The van der Waals surface area contributed by atoms with Crippen LogP contribution >= 0.6 is 11.6 Å². The van der Waals surface area contributed by atoms with Gasteiger partial charge in [-0.2, -0.15) is 0 Å². The number of nitrogens with one attached hydrogen (secondary N) is 2. The van der Waals surface area contributed by atoms with Gasteiger partial charge in [-0.25, -0.2) is 9.18 Å². The minimum atomic E-state index is -0.495. The maximum atomic E-state index is 14.0. The first-order valence-corrected chi connectivity index (χ1v) is 13.2. The van der Waals surface area contributed by atoms with E-state index in [2.05, 4.69) is 10.6 Å². The van der Waals surface area contributed by atoms with Crippen molar-refractivity contribution in [1.29, 1.82) is 0 Å². The van der Waals surface area contributed by atoms with Gasteiger partial charge >= 0.3 is 6.03 Å². The molecule has 0 saturated carbocycles. The van der Waals surface area contributed by atoms with Crippen LogP contribution in [0.1, 0.15) is 34.6 Å².